The molecule has 0 saturated heterocycles. The van der Waals surface area contributed by atoms with Gasteiger partial charge in [0.05, 0.1) is 0 Å². The van der Waals surface area contributed by atoms with Crippen LogP contribution in [-0.4, -0.2) is 24.5 Å². The normalized spacial score (nSPS) is 11.7. The maximum absolute atomic E-state index is 12.0. The third kappa shape index (κ3) is 3.35. The molecular weight excluding hydrogens is 248 g/mol. The van der Waals surface area contributed by atoms with Gasteiger partial charge in [-0.1, -0.05) is 39.0 Å². The number of hydrogen-bond acceptors (Lipinski definition) is 5. The van der Waals surface area contributed by atoms with Crippen LogP contribution in [0, 0.1) is 11.3 Å². The van der Waals surface area contributed by atoms with Crippen molar-refractivity contribution in [1.82, 2.24) is 10.3 Å². The molecule has 0 aromatic carbocycles. The lowest BCUT2D eigenvalue weighted by atomic mass is 9.81. The second-order valence-corrected chi connectivity index (χ2v) is 6.31. The number of anilines is 2. The minimum Gasteiger partial charge on any atom is -0.382 e. The van der Waals surface area contributed by atoms with Gasteiger partial charge in [0.2, 0.25) is 0 Å². The number of thiazole rings is 1. The van der Waals surface area contributed by atoms with Gasteiger partial charge in [0.15, 0.2) is 5.13 Å². The first-order valence-corrected chi connectivity index (χ1v) is 6.82. The zero-order valence-electron chi connectivity index (χ0n) is 11.6. The molecule has 5 nitrogen and oxygen atoms in total. The Bertz CT molecular complexity index is 426. The summed E-state index contributed by atoms with van der Waals surface area (Å²) in [5.41, 5.74) is 5.77. The number of nitrogens with two attached hydrogens (primary N) is 1. The maximum atomic E-state index is 12.0. The summed E-state index contributed by atoms with van der Waals surface area (Å²) in [7, 11) is 1.75. The zero-order chi connectivity index (χ0) is 13.9. The van der Waals surface area contributed by atoms with Gasteiger partial charge in [0.1, 0.15) is 10.7 Å². The van der Waals surface area contributed by atoms with Crippen LogP contribution in [0.4, 0.5) is 10.9 Å². The molecule has 1 heterocycles. The first-order chi connectivity index (χ1) is 8.27. The minimum absolute atomic E-state index is 0.0565. The average molecular weight is 270 g/mol. The van der Waals surface area contributed by atoms with E-state index < -0.39 is 0 Å². The Hall–Kier alpha value is -1.30. The van der Waals surface area contributed by atoms with Gasteiger partial charge >= 0.3 is 0 Å². The number of nitrogens with zero attached hydrogens (tertiary/aromatic N) is 1. The third-order valence-corrected chi connectivity index (χ3v) is 4.43. The van der Waals surface area contributed by atoms with E-state index in [1.807, 2.05) is 0 Å². The highest BCUT2D eigenvalue weighted by Crippen LogP contribution is 2.27. The molecule has 102 valence electrons. The Balaban J connectivity index is 2.68. The van der Waals surface area contributed by atoms with Crippen molar-refractivity contribution in [3.63, 3.8) is 0 Å². The third-order valence-electron chi connectivity index (χ3n) is 3.34. The van der Waals surface area contributed by atoms with Crippen LogP contribution in [0.15, 0.2) is 0 Å². The van der Waals surface area contributed by atoms with E-state index >= 15 is 0 Å². The standard InChI is InChI=1S/C12H22N4OS/c1-7(2)12(3,4)6-15-10(17)8-9(13)16-11(14-5)18-8/h7H,6,13H2,1-5H3,(H,14,16)(H,15,17). The number of rotatable bonds is 5. The van der Waals surface area contributed by atoms with Crippen LogP contribution in [0.2, 0.25) is 0 Å². The van der Waals surface area contributed by atoms with Crippen molar-refractivity contribution < 1.29 is 4.79 Å². The maximum Gasteiger partial charge on any atom is 0.265 e. The van der Waals surface area contributed by atoms with Gasteiger partial charge in [-0.25, -0.2) is 4.98 Å². The van der Waals surface area contributed by atoms with E-state index in [2.05, 4.69) is 43.3 Å². The number of carbonyl (C=O) groups excluding carboxylic acids is 1. The second-order valence-electron chi connectivity index (χ2n) is 5.31. The van der Waals surface area contributed by atoms with Crippen molar-refractivity contribution in [2.75, 3.05) is 24.6 Å². The Morgan fingerprint density at radius 2 is 2.11 bits per heavy atom. The molecular formula is C12H22N4OS. The summed E-state index contributed by atoms with van der Waals surface area (Å²) in [6.45, 7) is 9.17. The number of hydrogen-bond donors (Lipinski definition) is 3. The lowest BCUT2D eigenvalue weighted by Gasteiger charge is -2.29. The molecule has 0 aliphatic heterocycles. The molecule has 1 amide bonds. The molecule has 0 aliphatic rings. The van der Waals surface area contributed by atoms with Crippen LogP contribution < -0.4 is 16.4 Å². The molecule has 1 rings (SSSR count). The van der Waals surface area contributed by atoms with E-state index in [-0.39, 0.29) is 17.1 Å². The molecule has 6 heteroatoms. The SMILES string of the molecule is CNc1nc(N)c(C(=O)NCC(C)(C)C(C)C)s1. The Morgan fingerprint density at radius 3 is 2.56 bits per heavy atom. The van der Waals surface area contributed by atoms with E-state index in [1.165, 1.54) is 11.3 Å². The average Bonchev–Trinajstić information content (AvgIpc) is 2.67. The number of nitrogens with one attached hydrogen (secondary N) is 2. The van der Waals surface area contributed by atoms with Crippen LogP contribution >= 0.6 is 11.3 Å². The molecule has 1 aromatic heterocycles. The van der Waals surface area contributed by atoms with Crippen molar-refractivity contribution >= 4 is 28.2 Å². The fourth-order valence-electron chi connectivity index (χ4n) is 1.19. The number of amides is 1. The van der Waals surface area contributed by atoms with Gasteiger partial charge in [-0.05, 0) is 11.3 Å². The van der Waals surface area contributed by atoms with Crippen molar-refractivity contribution in [3.8, 4) is 0 Å². The summed E-state index contributed by atoms with van der Waals surface area (Å²) in [5, 5.41) is 6.46. The van der Waals surface area contributed by atoms with Crippen LogP contribution in [-0.2, 0) is 0 Å². The molecule has 18 heavy (non-hydrogen) atoms. The largest absolute Gasteiger partial charge is 0.382 e. The zero-order valence-corrected chi connectivity index (χ0v) is 12.4. The predicted molar refractivity (Wildman–Crippen MR) is 77.0 cm³/mol. The quantitative estimate of drug-likeness (QED) is 0.766. The summed E-state index contributed by atoms with van der Waals surface area (Å²) < 4.78 is 0. The van der Waals surface area contributed by atoms with Crippen LogP contribution in [0.5, 0.6) is 0 Å². The molecule has 4 N–H and O–H groups in total. The minimum atomic E-state index is -0.153. The molecule has 0 radical (unpaired) electrons. The van der Waals surface area contributed by atoms with Crippen molar-refractivity contribution in [1.29, 1.82) is 0 Å². The lowest BCUT2D eigenvalue weighted by Crippen LogP contribution is -2.36. The number of aromatic nitrogens is 1. The molecule has 0 aliphatic carbocycles. The monoisotopic (exact) mass is 270 g/mol. The summed E-state index contributed by atoms with van der Waals surface area (Å²) in [4.78, 5) is 16.5. The molecule has 0 fully saturated rings. The highest BCUT2D eigenvalue weighted by atomic mass is 32.1. The highest BCUT2D eigenvalue weighted by Gasteiger charge is 2.24. The fourth-order valence-corrected chi connectivity index (χ4v) is 1.95. The van der Waals surface area contributed by atoms with Gasteiger partial charge in [-0.15, -0.1) is 0 Å². The van der Waals surface area contributed by atoms with E-state index in [4.69, 9.17) is 5.73 Å². The Kier molecular flexibility index (Phi) is 4.56. The van der Waals surface area contributed by atoms with Gasteiger partial charge in [0, 0.05) is 13.6 Å². The molecule has 0 atom stereocenters. The Labute approximate surface area is 112 Å². The van der Waals surface area contributed by atoms with E-state index in [1.54, 1.807) is 7.05 Å². The van der Waals surface area contributed by atoms with Gasteiger partial charge in [-0.2, -0.15) is 0 Å². The number of carbonyl (C=O) groups is 1. The summed E-state index contributed by atoms with van der Waals surface area (Å²) in [6.07, 6.45) is 0. The molecule has 0 bridgehead atoms. The molecule has 0 spiro atoms. The topological polar surface area (TPSA) is 80.0 Å². The molecule has 1 aromatic rings. The summed E-state index contributed by atoms with van der Waals surface area (Å²) in [6, 6.07) is 0. The van der Waals surface area contributed by atoms with Crippen LogP contribution in [0.3, 0.4) is 0 Å². The van der Waals surface area contributed by atoms with Crippen molar-refractivity contribution in [3.05, 3.63) is 4.88 Å². The first-order valence-electron chi connectivity index (χ1n) is 6.00. The molecule has 0 saturated carbocycles. The smallest absolute Gasteiger partial charge is 0.265 e. The second kappa shape index (κ2) is 5.56. The van der Waals surface area contributed by atoms with Gasteiger partial charge in [-0.3, -0.25) is 4.79 Å². The summed E-state index contributed by atoms with van der Waals surface area (Å²) >= 11 is 1.27. The highest BCUT2D eigenvalue weighted by molar-refractivity contribution is 7.18. The van der Waals surface area contributed by atoms with Crippen LogP contribution in [0.1, 0.15) is 37.4 Å². The van der Waals surface area contributed by atoms with Crippen LogP contribution in [0.25, 0.3) is 0 Å². The van der Waals surface area contributed by atoms with Crippen molar-refractivity contribution in [2.45, 2.75) is 27.7 Å². The predicted octanol–water partition coefficient (Wildman–Crippen LogP) is 2.18. The first kappa shape index (κ1) is 14.8. The van der Waals surface area contributed by atoms with Gasteiger partial charge < -0.3 is 16.4 Å². The molecule has 0 unspecified atom stereocenters. The van der Waals surface area contributed by atoms with E-state index in [0.717, 1.165) is 0 Å². The Morgan fingerprint density at radius 1 is 1.50 bits per heavy atom. The van der Waals surface area contributed by atoms with E-state index in [0.29, 0.717) is 22.5 Å². The van der Waals surface area contributed by atoms with Crippen molar-refractivity contribution in [2.24, 2.45) is 11.3 Å². The van der Waals surface area contributed by atoms with E-state index in [9.17, 15) is 4.79 Å². The lowest BCUT2D eigenvalue weighted by molar-refractivity contribution is 0.0929. The fraction of sp³-hybridized carbons (Fsp3) is 0.667. The number of nitrogen functional groups attached to an aromatic ring is 1. The van der Waals surface area contributed by atoms with Gasteiger partial charge in [0.25, 0.3) is 5.91 Å². The summed E-state index contributed by atoms with van der Waals surface area (Å²) in [5.74, 6) is 0.619.